The summed E-state index contributed by atoms with van der Waals surface area (Å²) in [5.41, 5.74) is 0. The fourth-order valence-electron chi connectivity index (χ4n) is 0.610. The van der Waals surface area contributed by atoms with Crippen LogP contribution in [0.2, 0.25) is 0 Å². The van der Waals surface area contributed by atoms with Crippen LogP contribution in [0, 0.1) is 5.82 Å². The van der Waals surface area contributed by atoms with E-state index in [0.29, 0.717) is 0 Å². The third-order valence-corrected chi connectivity index (χ3v) is 2.71. The minimum absolute atomic E-state index is 0. The van der Waals surface area contributed by atoms with Gasteiger partial charge in [0.1, 0.15) is 5.82 Å². The first-order valence-electron chi connectivity index (χ1n) is 2.65. The molecule has 1 atom stereocenters. The second kappa shape index (κ2) is 5.47. The summed E-state index contributed by atoms with van der Waals surface area (Å²) in [4.78, 5) is 0.0615. The van der Waals surface area contributed by atoms with Crippen LogP contribution in [0.5, 0.6) is 0 Å². The molecule has 0 fully saturated rings. The molecule has 0 aliphatic heterocycles. The van der Waals surface area contributed by atoms with E-state index >= 15 is 0 Å². The zero-order chi connectivity index (χ0) is 8.43. The zero-order valence-electron chi connectivity index (χ0n) is 6.21. The van der Waals surface area contributed by atoms with Gasteiger partial charge in [-0.2, -0.15) is 0 Å². The van der Waals surface area contributed by atoms with Crippen molar-refractivity contribution in [3.63, 3.8) is 0 Å². The van der Waals surface area contributed by atoms with E-state index in [-0.39, 0.29) is 38.9 Å². The Morgan fingerprint density at radius 1 is 1.50 bits per heavy atom. The zero-order valence-corrected chi connectivity index (χ0v) is 10.6. The Morgan fingerprint density at radius 3 is 2.50 bits per heavy atom. The summed E-state index contributed by atoms with van der Waals surface area (Å²) in [6.45, 7) is 0. The third-order valence-electron chi connectivity index (χ3n) is 1.07. The van der Waals surface area contributed by atoms with E-state index in [0.717, 1.165) is 12.1 Å². The van der Waals surface area contributed by atoms with E-state index in [1.54, 1.807) is 0 Å². The molecule has 0 N–H and O–H groups in total. The maximum absolute atomic E-state index is 12.4. The van der Waals surface area contributed by atoms with Gasteiger partial charge in [-0.25, -0.2) is 4.39 Å². The van der Waals surface area contributed by atoms with Crippen LogP contribution in [-0.2, 0) is 11.1 Å². The van der Waals surface area contributed by atoms with E-state index in [1.807, 2.05) is 0 Å². The van der Waals surface area contributed by atoms with Crippen LogP contribution >= 0.6 is 15.9 Å². The molecule has 0 saturated heterocycles. The molecule has 6 heteroatoms. The fraction of sp³-hybridized carbons (Fsp3) is 0. The van der Waals surface area contributed by atoms with Crippen molar-refractivity contribution < 1.29 is 42.7 Å². The molecular formula is C6H3BrFNaO2S. The van der Waals surface area contributed by atoms with E-state index in [2.05, 4.69) is 15.9 Å². The molecule has 0 aliphatic carbocycles. The van der Waals surface area contributed by atoms with E-state index in [4.69, 9.17) is 0 Å². The SMILES string of the molecule is O=S([O-])c1ccc(F)cc1Br.[Na+]. The summed E-state index contributed by atoms with van der Waals surface area (Å²) in [5, 5.41) is 0. The Kier molecular flexibility index (Phi) is 5.80. The Bertz CT molecular complexity index is 308. The minimum atomic E-state index is -2.31. The molecule has 0 heterocycles. The second-order valence-corrected chi connectivity index (χ2v) is 3.57. The van der Waals surface area contributed by atoms with Gasteiger partial charge in [0.2, 0.25) is 0 Å². The van der Waals surface area contributed by atoms with Gasteiger partial charge in [-0.15, -0.1) is 0 Å². The van der Waals surface area contributed by atoms with Gasteiger partial charge >= 0.3 is 29.6 Å². The van der Waals surface area contributed by atoms with Gasteiger partial charge < -0.3 is 4.55 Å². The molecule has 60 valence electrons. The van der Waals surface area contributed by atoms with Crippen molar-refractivity contribution in [2.75, 3.05) is 0 Å². The quantitative estimate of drug-likeness (QED) is 0.472. The predicted octanol–water partition coefficient (Wildman–Crippen LogP) is -1.17. The van der Waals surface area contributed by atoms with Crippen molar-refractivity contribution in [3.8, 4) is 0 Å². The molecule has 1 unspecified atom stereocenters. The van der Waals surface area contributed by atoms with E-state index in [9.17, 15) is 13.2 Å². The molecule has 0 bridgehead atoms. The second-order valence-electron chi connectivity index (χ2n) is 1.81. The molecule has 0 radical (unpaired) electrons. The van der Waals surface area contributed by atoms with Gasteiger partial charge in [0.15, 0.2) is 0 Å². The third kappa shape index (κ3) is 3.24. The molecule has 0 aromatic heterocycles. The molecule has 1 rings (SSSR count). The smallest absolute Gasteiger partial charge is 0.768 e. The fourth-order valence-corrected chi connectivity index (χ4v) is 1.76. The molecule has 12 heavy (non-hydrogen) atoms. The van der Waals surface area contributed by atoms with E-state index < -0.39 is 16.9 Å². The number of hydrogen-bond donors (Lipinski definition) is 0. The summed E-state index contributed by atoms with van der Waals surface area (Å²) >= 11 is 0.602. The first-order chi connectivity index (χ1) is 5.11. The van der Waals surface area contributed by atoms with Gasteiger partial charge in [-0.05, 0) is 45.2 Å². The van der Waals surface area contributed by atoms with Gasteiger partial charge in [-0.1, -0.05) is 0 Å². The van der Waals surface area contributed by atoms with Crippen LogP contribution in [0.3, 0.4) is 0 Å². The van der Waals surface area contributed by atoms with Crippen LogP contribution in [0.15, 0.2) is 27.6 Å². The molecule has 1 aromatic rings. The molecular weight excluding hydrogens is 258 g/mol. The largest absolute Gasteiger partial charge is 1.00 e. The molecule has 0 aliphatic rings. The Labute approximate surface area is 102 Å². The average molecular weight is 261 g/mol. The van der Waals surface area contributed by atoms with Crippen molar-refractivity contribution in [2.24, 2.45) is 0 Å². The number of benzene rings is 1. The summed E-state index contributed by atoms with van der Waals surface area (Å²) in [5.74, 6) is -0.467. The monoisotopic (exact) mass is 260 g/mol. The van der Waals surface area contributed by atoms with Crippen LogP contribution in [0.25, 0.3) is 0 Å². The van der Waals surface area contributed by atoms with Crippen LogP contribution in [0.4, 0.5) is 4.39 Å². The summed E-state index contributed by atoms with van der Waals surface area (Å²) in [6.07, 6.45) is 0. The molecule has 2 nitrogen and oxygen atoms in total. The molecule has 0 amide bonds. The van der Waals surface area contributed by atoms with Crippen molar-refractivity contribution in [1.29, 1.82) is 0 Å². The van der Waals surface area contributed by atoms with Crippen molar-refractivity contribution >= 4 is 27.0 Å². The predicted molar refractivity (Wildman–Crippen MR) is 41.3 cm³/mol. The van der Waals surface area contributed by atoms with Gasteiger partial charge in [0, 0.05) is 9.37 Å². The maximum Gasteiger partial charge on any atom is 1.00 e. The van der Waals surface area contributed by atoms with Crippen LogP contribution in [-0.4, -0.2) is 8.76 Å². The Morgan fingerprint density at radius 2 is 2.08 bits per heavy atom. The van der Waals surface area contributed by atoms with Gasteiger partial charge in [0.05, 0.1) is 0 Å². The normalized spacial score (nSPS) is 11.9. The Balaban J connectivity index is 0.00000121. The summed E-state index contributed by atoms with van der Waals surface area (Å²) in [7, 11) is 0. The van der Waals surface area contributed by atoms with Crippen molar-refractivity contribution in [2.45, 2.75) is 4.90 Å². The van der Waals surface area contributed by atoms with Gasteiger partial charge in [-0.3, -0.25) is 4.21 Å². The average Bonchev–Trinajstić information content (AvgIpc) is 1.85. The minimum Gasteiger partial charge on any atom is -0.768 e. The topological polar surface area (TPSA) is 40.1 Å². The van der Waals surface area contributed by atoms with Gasteiger partial charge in [0.25, 0.3) is 0 Å². The molecule has 1 aromatic carbocycles. The summed E-state index contributed by atoms with van der Waals surface area (Å²) < 4.78 is 33.4. The number of rotatable bonds is 1. The maximum atomic E-state index is 12.4. The Hall–Kier alpha value is 0.740. The molecule has 0 saturated carbocycles. The molecule has 0 spiro atoms. The number of hydrogen-bond acceptors (Lipinski definition) is 2. The first kappa shape index (κ1) is 12.7. The van der Waals surface area contributed by atoms with Crippen molar-refractivity contribution in [1.82, 2.24) is 0 Å². The standard InChI is InChI=1S/C6H4BrFO2S.Na/c7-5-3-4(8)1-2-6(5)11(9)10;/h1-3H,(H,9,10);/q;+1/p-1. The first-order valence-corrected chi connectivity index (χ1v) is 4.52. The van der Waals surface area contributed by atoms with Crippen molar-refractivity contribution in [3.05, 3.63) is 28.5 Å². The summed E-state index contributed by atoms with van der Waals surface area (Å²) in [6, 6.07) is 3.39. The van der Waals surface area contributed by atoms with E-state index in [1.165, 1.54) is 6.07 Å². The van der Waals surface area contributed by atoms with Crippen LogP contribution < -0.4 is 29.6 Å². The van der Waals surface area contributed by atoms with Crippen LogP contribution in [0.1, 0.15) is 0 Å². The number of halogens is 2.